The number of anilines is 2. The van der Waals surface area contributed by atoms with Gasteiger partial charge in [0.15, 0.2) is 0 Å². The minimum atomic E-state index is -0.156. The lowest BCUT2D eigenvalue weighted by molar-refractivity contribution is 0.102. The molecule has 0 radical (unpaired) electrons. The molecular weight excluding hydrogens is 362 g/mol. The predicted octanol–water partition coefficient (Wildman–Crippen LogP) is 4.36. The van der Waals surface area contributed by atoms with Gasteiger partial charge in [-0.1, -0.05) is 30.7 Å². The van der Waals surface area contributed by atoms with E-state index < -0.39 is 0 Å². The van der Waals surface area contributed by atoms with Crippen molar-refractivity contribution in [3.05, 3.63) is 89.7 Å². The molecule has 2 aromatic carbocycles. The van der Waals surface area contributed by atoms with Crippen LogP contribution in [0.1, 0.15) is 40.7 Å². The summed E-state index contributed by atoms with van der Waals surface area (Å²) in [5.74, 6) is -0.156. The standard InChI is InChI=1S/C24H25N3O2/c28-17-24(12-3-13-24)19-6-8-20(9-7-19)27-23(29)21-4-1-2-5-22(21)26-16-18-10-14-25-15-11-18/h1-2,4-11,14-15,26,28H,3,12-13,16-17H2,(H,27,29). The number of nitrogens with one attached hydrogen (secondary N) is 2. The lowest BCUT2D eigenvalue weighted by Gasteiger charge is -2.40. The van der Waals surface area contributed by atoms with Gasteiger partial charge >= 0.3 is 0 Å². The topological polar surface area (TPSA) is 74.2 Å². The molecule has 1 aromatic heterocycles. The summed E-state index contributed by atoms with van der Waals surface area (Å²) in [5.41, 5.74) is 4.27. The van der Waals surface area contributed by atoms with E-state index in [9.17, 15) is 9.90 Å². The van der Waals surface area contributed by atoms with Crippen molar-refractivity contribution >= 4 is 17.3 Å². The van der Waals surface area contributed by atoms with Crippen LogP contribution in [0, 0.1) is 0 Å². The molecule has 0 atom stereocenters. The Morgan fingerprint density at radius 2 is 1.72 bits per heavy atom. The summed E-state index contributed by atoms with van der Waals surface area (Å²) in [6.07, 6.45) is 6.70. The van der Waals surface area contributed by atoms with Gasteiger partial charge in [-0.15, -0.1) is 0 Å². The minimum Gasteiger partial charge on any atom is -0.395 e. The molecule has 29 heavy (non-hydrogen) atoms. The van der Waals surface area contributed by atoms with Gasteiger partial charge in [-0.05, 0) is 60.4 Å². The fourth-order valence-corrected chi connectivity index (χ4v) is 3.78. The van der Waals surface area contributed by atoms with Crippen LogP contribution in [0.25, 0.3) is 0 Å². The zero-order valence-corrected chi connectivity index (χ0v) is 16.3. The van der Waals surface area contributed by atoms with Gasteiger partial charge in [0.05, 0.1) is 12.2 Å². The quantitative estimate of drug-likeness (QED) is 0.563. The highest BCUT2D eigenvalue weighted by atomic mass is 16.3. The highest BCUT2D eigenvalue weighted by molar-refractivity contribution is 6.08. The van der Waals surface area contributed by atoms with Crippen molar-refractivity contribution in [3.8, 4) is 0 Å². The van der Waals surface area contributed by atoms with Gasteiger partial charge in [0.25, 0.3) is 5.91 Å². The molecule has 4 rings (SSSR count). The van der Waals surface area contributed by atoms with Gasteiger partial charge in [-0.25, -0.2) is 0 Å². The number of nitrogens with zero attached hydrogens (tertiary/aromatic N) is 1. The van der Waals surface area contributed by atoms with Crippen molar-refractivity contribution in [1.82, 2.24) is 4.98 Å². The number of aromatic nitrogens is 1. The van der Waals surface area contributed by atoms with Crippen molar-refractivity contribution in [1.29, 1.82) is 0 Å². The fourth-order valence-electron chi connectivity index (χ4n) is 3.78. The molecule has 0 bridgehead atoms. The number of amides is 1. The minimum absolute atomic E-state index is 0.0913. The lowest BCUT2D eigenvalue weighted by atomic mass is 9.65. The first-order valence-electron chi connectivity index (χ1n) is 9.95. The molecule has 148 valence electrons. The van der Waals surface area contributed by atoms with E-state index in [0.29, 0.717) is 12.1 Å². The van der Waals surface area contributed by atoms with Gasteiger partial charge in [-0.2, -0.15) is 0 Å². The summed E-state index contributed by atoms with van der Waals surface area (Å²) < 4.78 is 0. The largest absolute Gasteiger partial charge is 0.395 e. The van der Waals surface area contributed by atoms with Gasteiger partial charge in [0.2, 0.25) is 0 Å². The molecule has 1 aliphatic rings. The molecule has 3 N–H and O–H groups in total. The van der Waals surface area contributed by atoms with Crippen LogP contribution in [0.5, 0.6) is 0 Å². The Bertz CT molecular complexity index is 961. The van der Waals surface area contributed by atoms with Crippen molar-refractivity contribution < 1.29 is 9.90 Å². The van der Waals surface area contributed by atoms with Crippen LogP contribution in [-0.2, 0) is 12.0 Å². The van der Waals surface area contributed by atoms with Gasteiger partial charge in [-0.3, -0.25) is 9.78 Å². The first-order valence-corrected chi connectivity index (χ1v) is 9.95. The number of pyridine rings is 1. The van der Waals surface area contributed by atoms with E-state index in [1.165, 1.54) is 0 Å². The van der Waals surface area contributed by atoms with E-state index in [1.54, 1.807) is 12.4 Å². The van der Waals surface area contributed by atoms with E-state index in [4.69, 9.17) is 0 Å². The molecule has 1 aliphatic carbocycles. The van der Waals surface area contributed by atoms with Crippen LogP contribution in [0.4, 0.5) is 11.4 Å². The summed E-state index contributed by atoms with van der Waals surface area (Å²) in [6, 6.07) is 19.2. The number of carbonyl (C=O) groups excluding carboxylic acids is 1. The van der Waals surface area contributed by atoms with Crippen LogP contribution >= 0.6 is 0 Å². The Morgan fingerprint density at radius 3 is 2.38 bits per heavy atom. The summed E-state index contributed by atoms with van der Waals surface area (Å²) in [6.45, 7) is 0.792. The van der Waals surface area contributed by atoms with Crippen molar-refractivity contribution in [2.24, 2.45) is 0 Å². The molecule has 1 saturated carbocycles. The number of benzene rings is 2. The Kier molecular flexibility index (Phi) is 5.58. The third-order valence-electron chi connectivity index (χ3n) is 5.77. The maximum absolute atomic E-state index is 12.9. The molecule has 1 amide bonds. The molecule has 1 heterocycles. The van der Waals surface area contributed by atoms with Gasteiger partial charge < -0.3 is 15.7 Å². The highest BCUT2D eigenvalue weighted by Crippen LogP contribution is 2.43. The second kappa shape index (κ2) is 8.45. The molecule has 0 unspecified atom stereocenters. The van der Waals surface area contributed by atoms with Crippen molar-refractivity contribution in [2.75, 3.05) is 17.2 Å². The van der Waals surface area contributed by atoms with E-state index in [1.807, 2.05) is 60.7 Å². The molecule has 5 nitrogen and oxygen atoms in total. The molecule has 0 spiro atoms. The SMILES string of the molecule is O=C(Nc1ccc(C2(CO)CCC2)cc1)c1ccccc1NCc1ccncc1. The monoisotopic (exact) mass is 387 g/mol. The smallest absolute Gasteiger partial charge is 0.257 e. The maximum atomic E-state index is 12.9. The fraction of sp³-hybridized carbons (Fsp3) is 0.250. The number of aliphatic hydroxyl groups excluding tert-OH is 1. The molecule has 5 heteroatoms. The average Bonchev–Trinajstić information content (AvgIpc) is 2.74. The second-order valence-electron chi connectivity index (χ2n) is 7.58. The van der Waals surface area contributed by atoms with E-state index in [0.717, 1.165) is 41.8 Å². The summed E-state index contributed by atoms with van der Waals surface area (Å²) in [7, 11) is 0. The number of carbonyl (C=O) groups is 1. The predicted molar refractivity (Wildman–Crippen MR) is 115 cm³/mol. The summed E-state index contributed by atoms with van der Waals surface area (Å²) in [5, 5.41) is 16.0. The molecule has 1 fully saturated rings. The van der Waals surface area contributed by atoms with E-state index in [-0.39, 0.29) is 17.9 Å². The molecule has 0 aliphatic heterocycles. The molecule has 3 aromatic rings. The summed E-state index contributed by atoms with van der Waals surface area (Å²) >= 11 is 0. The third kappa shape index (κ3) is 4.15. The van der Waals surface area contributed by atoms with E-state index >= 15 is 0 Å². The number of hydrogen-bond acceptors (Lipinski definition) is 4. The Labute approximate surface area is 170 Å². The Morgan fingerprint density at radius 1 is 1.00 bits per heavy atom. The Hall–Kier alpha value is -3.18. The summed E-state index contributed by atoms with van der Waals surface area (Å²) in [4.78, 5) is 16.9. The van der Waals surface area contributed by atoms with Crippen LogP contribution in [0.2, 0.25) is 0 Å². The number of aliphatic hydroxyl groups is 1. The molecular formula is C24H25N3O2. The van der Waals surface area contributed by atoms with Crippen molar-refractivity contribution in [3.63, 3.8) is 0 Å². The van der Waals surface area contributed by atoms with Crippen LogP contribution in [0.3, 0.4) is 0 Å². The zero-order chi connectivity index (χ0) is 20.1. The maximum Gasteiger partial charge on any atom is 0.257 e. The average molecular weight is 387 g/mol. The van der Waals surface area contributed by atoms with Gasteiger partial charge in [0.1, 0.15) is 0 Å². The number of rotatable bonds is 7. The third-order valence-corrected chi connectivity index (χ3v) is 5.77. The zero-order valence-electron chi connectivity index (χ0n) is 16.3. The Balaban J connectivity index is 1.44. The van der Waals surface area contributed by atoms with Crippen molar-refractivity contribution in [2.45, 2.75) is 31.2 Å². The number of para-hydroxylation sites is 1. The highest BCUT2D eigenvalue weighted by Gasteiger charge is 2.37. The second-order valence-corrected chi connectivity index (χ2v) is 7.58. The normalized spacial score (nSPS) is 14.7. The number of hydrogen-bond donors (Lipinski definition) is 3. The van der Waals surface area contributed by atoms with Crippen LogP contribution < -0.4 is 10.6 Å². The van der Waals surface area contributed by atoms with E-state index in [2.05, 4.69) is 15.6 Å². The first kappa shape index (κ1) is 19.2. The molecule has 0 saturated heterocycles. The van der Waals surface area contributed by atoms with Crippen LogP contribution in [0.15, 0.2) is 73.1 Å². The first-order chi connectivity index (χ1) is 14.2. The van der Waals surface area contributed by atoms with Gasteiger partial charge in [0, 0.05) is 35.7 Å². The van der Waals surface area contributed by atoms with Crippen LogP contribution in [-0.4, -0.2) is 22.6 Å². The lowest BCUT2D eigenvalue weighted by Crippen LogP contribution is -2.37.